The van der Waals surface area contributed by atoms with Gasteiger partial charge in [0.25, 0.3) is 11.8 Å². The van der Waals surface area contributed by atoms with E-state index in [1.807, 2.05) is 0 Å². The number of hydrogen-bond acceptors (Lipinski definition) is 5. The second-order valence-electron chi connectivity index (χ2n) is 7.87. The molecule has 0 aliphatic carbocycles. The van der Waals surface area contributed by atoms with Gasteiger partial charge >= 0.3 is 11.5 Å². The summed E-state index contributed by atoms with van der Waals surface area (Å²) in [5, 5.41) is 5.80. The molecule has 3 aromatic rings. The summed E-state index contributed by atoms with van der Waals surface area (Å²) in [6.07, 6.45) is 1.47. The molecular weight excluding hydrogens is 517 g/mol. The SMILES string of the molecule is CC(c1ccnc(NC(=O)c2ccc(Cl)cc2)c1)C1NC(=O)N(c2ccc(SC(F)(F)F)cc2)C1=O. The highest BCUT2D eigenvalue weighted by Crippen LogP contribution is 2.38. The molecule has 1 fully saturated rings. The third-order valence-electron chi connectivity index (χ3n) is 5.45. The summed E-state index contributed by atoms with van der Waals surface area (Å²) >= 11 is 5.56. The van der Waals surface area contributed by atoms with Gasteiger partial charge in [0.2, 0.25) is 0 Å². The Morgan fingerprint density at radius 1 is 1.11 bits per heavy atom. The average molecular weight is 535 g/mol. The first kappa shape index (κ1) is 25.5. The van der Waals surface area contributed by atoms with Crippen LogP contribution in [0.1, 0.15) is 28.8 Å². The second kappa shape index (κ2) is 10.2. The Labute approximate surface area is 213 Å². The number of aromatic nitrogens is 1. The number of nitrogens with zero attached hydrogens (tertiary/aromatic N) is 2. The number of halogens is 4. The Morgan fingerprint density at radius 3 is 2.42 bits per heavy atom. The fourth-order valence-corrected chi connectivity index (χ4v) is 4.32. The van der Waals surface area contributed by atoms with Gasteiger partial charge in [0.1, 0.15) is 11.9 Å². The quantitative estimate of drug-likeness (QED) is 0.307. The third-order valence-corrected chi connectivity index (χ3v) is 6.45. The van der Waals surface area contributed by atoms with E-state index in [0.29, 0.717) is 16.1 Å². The molecule has 7 nitrogen and oxygen atoms in total. The summed E-state index contributed by atoms with van der Waals surface area (Å²) < 4.78 is 37.7. The molecule has 2 unspecified atom stereocenters. The molecule has 2 heterocycles. The Morgan fingerprint density at radius 2 is 1.78 bits per heavy atom. The molecule has 4 rings (SSSR count). The van der Waals surface area contributed by atoms with Crippen LogP contribution in [0.3, 0.4) is 0 Å². The van der Waals surface area contributed by atoms with Gasteiger partial charge in [-0.3, -0.25) is 9.59 Å². The maximum absolute atomic E-state index is 13.1. The van der Waals surface area contributed by atoms with Crippen LogP contribution < -0.4 is 15.5 Å². The number of hydrogen-bond donors (Lipinski definition) is 2. The van der Waals surface area contributed by atoms with Gasteiger partial charge in [0, 0.05) is 27.6 Å². The van der Waals surface area contributed by atoms with Crippen LogP contribution in [0.15, 0.2) is 71.8 Å². The van der Waals surface area contributed by atoms with Crippen LogP contribution in [-0.2, 0) is 4.79 Å². The molecule has 1 aliphatic rings. The van der Waals surface area contributed by atoms with E-state index in [0.717, 1.165) is 4.90 Å². The molecule has 1 aromatic heterocycles. The molecule has 0 saturated carbocycles. The highest BCUT2D eigenvalue weighted by Gasteiger charge is 2.42. The summed E-state index contributed by atoms with van der Waals surface area (Å²) in [7, 11) is 0. The number of carbonyl (C=O) groups is 3. The Hall–Kier alpha value is -3.57. The maximum Gasteiger partial charge on any atom is 0.446 e. The molecule has 2 atom stereocenters. The van der Waals surface area contributed by atoms with Crippen LogP contribution in [0.4, 0.5) is 29.5 Å². The molecule has 0 bridgehead atoms. The molecule has 186 valence electrons. The van der Waals surface area contributed by atoms with Gasteiger partial charge in [0.15, 0.2) is 0 Å². The van der Waals surface area contributed by atoms with Crippen molar-refractivity contribution in [3.05, 3.63) is 83.0 Å². The Bertz CT molecular complexity index is 1300. The number of anilines is 2. The van der Waals surface area contributed by atoms with Crippen molar-refractivity contribution < 1.29 is 27.6 Å². The first-order valence-corrected chi connectivity index (χ1v) is 11.7. The summed E-state index contributed by atoms with van der Waals surface area (Å²) in [5.41, 5.74) is -3.27. The number of benzene rings is 2. The lowest BCUT2D eigenvalue weighted by molar-refractivity contribution is -0.118. The van der Waals surface area contributed by atoms with E-state index >= 15 is 0 Å². The smallest absolute Gasteiger partial charge is 0.325 e. The van der Waals surface area contributed by atoms with E-state index in [2.05, 4.69) is 15.6 Å². The van der Waals surface area contributed by atoms with Crippen molar-refractivity contribution in [3.8, 4) is 0 Å². The van der Waals surface area contributed by atoms with E-state index in [4.69, 9.17) is 11.6 Å². The van der Waals surface area contributed by atoms with Gasteiger partial charge in [0.05, 0.1) is 5.69 Å². The number of nitrogens with one attached hydrogen (secondary N) is 2. The minimum atomic E-state index is -4.44. The van der Waals surface area contributed by atoms with Crippen LogP contribution in [-0.4, -0.2) is 34.4 Å². The van der Waals surface area contributed by atoms with Crippen LogP contribution >= 0.6 is 23.4 Å². The van der Waals surface area contributed by atoms with Crippen LogP contribution in [0, 0.1) is 0 Å². The standard InChI is InChI=1S/C24H18ClF3N4O3S/c1-13(15-10-11-29-19(12-15)30-21(33)14-2-4-16(25)5-3-14)20-22(34)32(23(35)31-20)17-6-8-18(9-7-17)36-24(26,27)28/h2-13,20H,1H3,(H,31,35)(H,29,30,33). The normalized spacial score (nSPS) is 16.6. The highest BCUT2D eigenvalue weighted by atomic mass is 35.5. The predicted octanol–water partition coefficient (Wildman–Crippen LogP) is 5.83. The van der Waals surface area contributed by atoms with Crippen molar-refractivity contribution in [1.82, 2.24) is 10.3 Å². The molecule has 12 heteroatoms. The summed E-state index contributed by atoms with van der Waals surface area (Å²) in [4.78, 5) is 43.1. The molecule has 36 heavy (non-hydrogen) atoms. The predicted molar refractivity (Wildman–Crippen MR) is 130 cm³/mol. The van der Waals surface area contributed by atoms with Gasteiger partial charge in [-0.2, -0.15) is 13.2 Å². The fourth-order valence-electron chi connectivity index (χ4n) is 3.66. The maximum atomic E-state index is 13.1. The molecule has 4 amide bonds. The summed E-state index contributed by atoms with van der Waals surface area (Å²) in [6.45, 7) is 1.73. The first-order valence-electron chi connectivity index (χ1n) is 10.5. The minimum absolute atomic E-state index is 0.0619. The van der Waals surface area contributed by atoms with Crippen LogP contribution in [0.5, 0.6) is 0 Å². The monoisotopic (exact) mass is 534 g/mol. The van der Waals surface area contributed by atoms with Crippen molar-refractivity contribution in [2.45, 2.75) is 29.3 Å². The fraction of sp³-hybridized carbons (Fsp3) is 0.167. The molecule has 1 aliphatic heterocycles. The Kier molecular flexibility index (Phi) is 7.23. The number of thioether (sulfide) groups is 1. The van der Waals surface area contributed by atoms with Crippen LogP contribution in [0.25, 0.3) is 0 Å². The molecule has 2 aromatic carbocycles. The van der Waals surface area contributed by atoms with Gasteiger partial charge in [-0.25, -0.2) is 14.7 Å². The molecular formula is C24H18ClF3N4O3S. The number of imide groups is 1. The lowest BCUT2D eigenvalue weighted by atomic mass is 9.94. The van der Waals surface area contributed by atoms with Crippen LogP contribution in [0.2, 0.25) is 5.02 Å². The number of carbonyl (C=O) groups excluding carboxylic acids is 3. The van der Waals surface area contributed by atoms with Crippen molar-refractivity contribution in [3.63, 3.8) is 0 Å². The number of amides is 4. The van der Waals surface area contributed by atoms with E-state index in [1.54, 1.807) is 43.3 Å². The number of pyridine rings is 1. The Balaban J connectivity index is 1.47. The van der Waals surface area contributed by atoms with E-state index in [1.165, 1.54) is 30.5 Å². The zero-order valence-electron chi connectivity index (χ0n) is 18.5. The second-order valence-corrected chi connectivity index (χ2v) is 9.44. The molecule has 1 saturated heterocycles. The van der Waals surface area contributed by atoms with Crippen molar-refractivity contribution in [2.75, 3.05) is 10.2 Å². The summed E-state index contributed by atoms with van der Waals surface area (Å²) in [5.74, 6) is -1.19. The zero-order valence-corrected chi connectivity index (χ0v) is 20.1. The third kappa shape index (κ3) is 5.80. The zero-order chi connectivity index (χ0) is 26.0. The highest BCUT2D eigenvalue weighted by molar-refractivity contribution is 8.00. The number of rotatable bonds is 6. The van der Waals surface area contributed by atoms with Crippen molar-refractivity contribution in [1.29, 1.82) is 0 Å². The van der Waals surface area contributed by atoms with E-state index in [-0.39, 0.29) is 28.2 Å². The van der Waals surface area contributed by atoms with Gasteiger partial charge in [-0.1, -0.05) is 18.5 Å². The largest absolute Gasteiger partial charge is 0.446 e. The lowest BCUT2D eigenvalue weighted by Crippen LogP contribution is -2.35. The van der Waals surface area contributed by atoms with Gasteiger partial charge < -0.3 is 10.6 Å². The van der Waals surface area contributed by atoms with Gasteiger partial charge in [-0.05, 0) is 78.0 Å². The summed E-state index contributed by atoms with van der Waals surface area (Å²) in [6, 6.07) is 12.9. The molecule has 2 N–H and O–H groups in total. The average Bonchev–Trinajstić information content (AvgIpc) is 3.12. The number of urea groups is 1. The van der Waals surface area contributed by atoms with E-state index < -0.39 is 35.3 Å². The van der Waals surface area contributed by atoms with Gasteiger partial charge in [-0.15, -0.1) is 0 Å². The molecule has 0 radical (unpaired) electrons. The lowest BCUT2D eigenvalue weighted by Gasteiger charge is -2.19. The van der Waals surface area contributed by atoms with E-state index in [9.17, 15) is 27.6 Å². The topological polar surface area (TPSA) is 91.4 Å². The first-order chi connectivity index (χ1) is 17.0. The van der Waals surface area contributed by atoms with Crippen molar-refractivity contribution >= 4 is 52.7 Å². The number of alkyl halides is 3. The molecule has 0 spiro atoms. The van der Waals surface area contributed by atoms with Crippen molar-refractivity contribution in [2.24, 2.45) is 0 Å². The minimum Gasteiger partial charge on any atom is -0.325 e.